The predicted octanol–water partition coefficient (Wildman–Crippen LogP) is 5.44. The Morgan fingerprint density at radius 1 is 1.33 bits per heavy atom. The van der Waals surface area contributed by atoms with Gasteiger partial charge in [-0.3, -0.25) is 0 Å². The molecule has 0 amide bonds. The van der Waals surface area contributed by atoms with Gasteiger partial charge < -0.3 is 4.40 Å². The van der Waals surface area contributed by atoms with E-state index < -0.39 is 0 Å². The number of fused-ring (bicyclic) bond motifs is 1. The molecular weight excluding hydrogens is 355 g/mol. The Bertz CT molecular complexity index is 748. The van der Waals surface area contributed by atoms with Crippen LogP contribution in [0.2, 0.25) is 8.67 Å². The highest BCUT2D eigenvalue weighted by atomic mass is 79.9. The summed E-state index contributed by atoms with van der Waals surface area (Å²) in [6.45, 7) is 2.03. The number of hydrogen-bond donors (Lipinski definition) is 0. The van der Waals surface area contributed by atoms with Gasteiger partial charge in [0.25, 0.3) is 0 Å². The molecule has 0 aliphatic heterocycles. The summed E-state index contributed by atoms with van der Waals surface area (Å²) in [6.07, 6.45) is 1.97. The summed E-state index contributed by atoms with van der Waals surface area (Å²) in [6, 6.07) is 5.80. The van der Waals surface area contributed by atoms with Crippen LogP contribution in [-0.2, 0) is 0 Å². The van der Waals surface area contributed by atoms with Crippen molar-refractivity contribution in [3.8, 4) is 11.3 Å². The molecule has 0 N–H and O–H groups in total. The van der Waals surface area contributed by atoms with E-state index in [0.29, 0.717) is 8.67 Å². The number of rotatable bonds is 1. The van der Waals surface area contributed by atoms with Crippen LogP contribution in [0.5, 0.6) is 0 Å². The number of aryl methyl sites for hydroxylation is 1. The molecule has 0 unspecified atom stereocenters. The van der Waals surface area contributed by atoms with Crippen molar-refractivity contribution in [3.63, 3.8) is 0 Å². The Hall–Kier alpha value is -0.550. The van der Waals surface area contributed by atoms with Gasteiger partial charge in [-0.1, -0.05) is 23.2 Å². The van der Waals surface area contributed by atoms with Gasteiger partial charge >= 0.3 is 0 Å². The molecule has 18 heavy (non-hydrogen) atoms. The molecule has 0 aliphatic rings. The first kappa shape index (κ1) is 12.5. The molecule has 2 nitrogen and oxygen atoms in total. The monoisotopic (exact) mass is 360 g/mol. The number of thiophene rings is 1. The van der Waals surface area contributed by atoms with Crippen molar-refractivity contribution in [2.75, 3.05) is 0 Å². The Labute approximate surface area is 126 Å². The van der Waals surface area contributed by atoms with Crippen LogP contribution >= 0.6 is 50.5 Å². The third kappa shape index (κ3) is 1.97. The van der Waals surface area contributed by atoms with Crippen molar-refractivity contribution in [1.29, 1.82) is 0 Å². The Balaban J connectivity index is 2.26. The lowest BCUT2D eigenvalue weighted by Gasteiger charge is -2.00. The third-order valence-corrected chi connectivity index (χ3v) is 5.08. The summed E-state index contributed by atoms with van der Waals surface area (Å²) in [5.41, 5.74) is 3.71. The zero-order valence-electron chi connectivity index (χ0n) is 9.25. The fraction of sp³-hybridized carbons (Fsp3) is 0.0833. The molecule has 3 aromatic heterocycles. The maximum absolute atomic E-state index is 6.15. The molecule has 0 spiro atoms. The highest BCUT2D eigenvalue weighted by Crippen LogP contribution is 2.38. The normalized spacial score (nSPS) is 11.3. The second-order valence-corrected chi connectivity index (χ2v) is 7.00. The van der Waals surface area contributed by atoms with E-state index >= 15 is 0 Å². The molecule has 0 bridgehead atoms. The van der Waals surface area contributed by atoms with Crippen LogP contribution in [0, 0.1) is 6.92 Å². The maximum atomic E-state index is 6.15. The summed E-state index contributed by atoms with van der Waals surface area (Å²) < 4.78 is 4.42. The van der Waals surface area contributed by atoms with E-state index in [4.69, 9.17) is 23.2 Å². The van der Waals surface area contributed by atoms with E-state index in [1.807, 2.05) is 35.7 Å². The lowest BCUT2D eigenvalue weighted by atomic mass is 10.3. The second-order valence-electron chi connectivity index (χ2n) is 3.86. The van der Waals surface area contributed by atoms with Crippen LogP contribution < -0.4 is 0 Å². The van der Waals surface area contributed by atoms with Crippen molar-refractivity contribution in [2.45, 2.75) is 6.92 Å². The van der Waals surface area contributed by atoms with E-state index in [1.165, 1.54) is 11.3 Å². The maximum Gasteiger partial charge on any atom is 0.137 e. The Morgan fingerprint density at radius 3 is 2.78 bits per heavy atom. The molecule has 6 heteroatoms. The highest BCUT2D eigenvalue weighted by molar-refractivity contribution is 9.10. The number of hydrogen-bond acceptors (Lipinski definition) is 2. The number of nitrogens with zero attached hydrogens (tertiary/aromatic N) is 2. The first-order valence-corrected chi connectivity index (χ1v) is 7.52. The summed E-state index contributed by atoms with van der Waals surface area (Å²) in [7, 11) is 0. The van der Waals surface area contributed by atoms with Gasteiger partial charge in [-0.15, -0.1) is 11.3 Å². The standard InChI is InChI=1S/C12H7BrCl2N2S/c1-6-8(13)2-3-11-16-9(5-17(6)11)7-4-10(14)18-12(7)15/h2-5H,1H3. The van der Waals surface area contributed by atoms with Gasteiger partial charge in [0.1, 0.15) is 9.98 Å². The minimum Gasteiger partial charge on any atom is -0.303 e. The molecule has 92 valence electrons. The van der Waals surface area contributed by atoms with Crippen LogP contribution in [0.1, 0.15) is 5.69 Å². The lowest BCUT2D eigenvalue weighted by Crippen LogP contribution is -1.89. The predicted molar refractivity (Wildman–Crippen MR) is 81.0 cm³/mol. The van der Waals surface area contributed by atoms with E-state index in [1.54, 1.807) is 0 Å². The van der Waals surface area contributed by atoms with Crippen LogP contribution in [0.25, 0.3) is 16.9 Å². The van der Waals surface area contributed by atoms with Crippen LogP contribution in [0.4, 0.5) is 0 Å². The molecule has 0 atom stereocenters. The zero-order valence-corrected chi connectivity index (χ0v) is 13.2. The smallest absolute Gasteiger partial charge is 0.137 e. The van der Waals surface area contributed by atoms with Crippen LogP contribution in [-0.4, -0.2) is 9.38 Å². The molecule has 0 aromatic carbocycles. The van der Waals surface area contributed by atoms with Crippen molar-refractivity contribution in [3.05, 3.63) is 43.2 Å². The average Bonchev–Trinajstić information content (AvgIpc) is 2.87. The minimum atomic E-state index is 0.667. The van der Waals surface area contributed by atoms with E-state index in [0.717, 1.165) is 27.1 Å². The number of imidazole rings is 1. The molecule has 3 rings (SSSR count). The summed E-state index contributed by atoms with van der Waals surface area (Å²) in [4.78, 5) is 4.56. The molecule has 0 saturated carbocycles. The van der Waals surface area contributed by atoms with Gasteiger partial charge in [0.2, 0.25) is 0 Å². The molecule has 0 aliphatic carbocycles. The van der Waals surface area contributed by atoms with E-state index in [-0.39, 0.29) is 0 Å². The first-order chi connectivity index (χ1) is 8.56. The zero-order chi connectivity index (χ0) is 12.9. The van der Waals surface area contributed by atoms with Gasteiger partial charge in [-0.05, 0) is 41.1 Å². The van der Waals surface area contributed by atoms with Crippen molar-refractivity contribution in [1.82, 2.24) is 9.38 Å². The molecular formula is C12H7BrCl2N2S. The largest absolute Gasteiger partial charge is 0.303 e. The van der Waals surface area contributed by atoms with Crippen molar-refractivity contribution < 1.29 is 0 Å². The van der Waals surface area contributed by atoms with Crippen LogP contribution in [0.15, 0.2) is 28.9 Å². The van der Waals surface area contributed by atoms with Gasteiger partial charge in [0.15, 0.2) is 0 Å². The Morgan fingerprint density at radius 2 is 2.11 bits per heavy atom. The fourth-order valence-electron chi connectivity index (χ4n) is 1.81. The number of pyridine rings is 1. The fourth-order valence-corrected chi connectivity index (χ4v) is 3.61. The first-order valence-electron chi connectivity index (χ1n) is 5.15. The molecule has 3 aromatic rings. The van der Waals surface area contributed by atoms with Crippen LogP contribution in [0.3, 0.4) is 0 Å². The van der Waals surface area contributed by atoms with Crippen molar-refractivity contribution >= 4 is 56.1 Å². The summed E-state index contributed by atoms with van der Waals surface area (Å²) >= 11 is 17.0. The molecule has 0 fully saturated rings. The van der Waals surface area contributed by atoms with Gasteiger partial charge in [-0.25, -0.2) is 4.98 Å². The number of aromatic nitrogens is 2. The molecule has 3 heterocycles. The van der Waals surface area contributed by atoms with Gasteiger partial charge in [0.05, 0.1) is 10.0 Å². The van der Waals surface area contributed by atoms with Gasteiger partial charge in [-0.2, -0.15) is 0 Å². The third-order valence-electron chi connectivity index (χ3n) is 2.75. The topological polar surface area (TPSA) is 17.3 Å². The van der Waals surface area contributed by atoms with E-state index in [2.05, 4.69) is 20.9 Å². The van der Waals surface area contributed by atoms with Crippen molar-refractivity contribution in [2.24, 2.45) is 0 Å². The average molecular weight is 362 g/mol. The summed E-state index contributed by atoms with van der Waals surface area (Å²) in [5.74, 6) is 0. The quantitative estimate of drug-likeness (QED) is 0.564. The minimum absolute atomic E-state index is 0.667. The molecule has 0 radical (unpaired) electrons. The lowest BCUT2D eigenvalue weighted by molar-refractivity contribution is 1.08. The Kier molecular flexibility index (Phi) is 3.14. The SMILES string of the molecule is Cc1c(Br)ccc2nc(-c3cc(Cl)sc3Cl)cn12. The molecule has 0 saturated heterocycles. The second kappa shape index (κ2) is 4.53. The number of halogens is 3. The van der Waals surface area contributed by atoms with Gasteiger partial charge in [0, 0.05) is 21.9 Å². The van der Waals surface area contributed by atoms with E-state index in [9.17, 15) is 0 Å². The summed E-state index contributed by atoms with van der Waals surface area (Å²) in [5, 5.41) is 0. The highest BCUT2D eigenvalue weighted by Gasteiger charge is 2.13.